The summed E-state index contributed by atoms with van der Waals surface area (Å²) in [5.41, 5.74) is -0.770. The average molecular weight is 208 g/mol. The molecule has 1 aliphatic heterocycles. The van der Waals surface area contributed by atoms with Gasteiger partial charge in [0.15, 0.2) is 0 Å². The van der Waals surface area contributed by atoms with Crippen molar-refractivity contribution in [3.63, 3.8) is 0 Å². The molecule has 0 aromatic heterocycles. The van der Waals surface area contributed by atoms with Crippen molar-refractivity contribution in [2.75, 3.05) is 6.54 Å². The van der Waals surface area contributed by atoms with Crippen molar-refractivity contribution in [3.8, 4) is 12.3 Å². The van der Waals surface area contributed by atoms with E-state index in [2.05, 4.69) is 11.2 Å². The quantitative estimate of drug-likeness (QED) is 0.555. The van der Waals surface area contributed by atoms with Crippen LogP contribution in [-0.4, -0.2) is 28.9 Å². The van der Waals surface area contributed by atoms with Crippen LogP contribution in [0, 0.1) is 18.3 Å². The minimum atomic E-state index is -0.770. The summed E-state index contributed by atoms with van der Waals surface area (Å²) < 4.78 is 0. The maximum absolute atomic E-state index is 12.0. The van der Waals surface area contributed by atoms with E-state index in [4.69, 9.17) is 6.42 Å². The Hall–Kier alpha value is -1.50. The number of terminal acetylenes is 1. The summed E-state index contributed by atoms with van der Waals surface area (Å²) in [5.74, 6) is 2.17. The molecule has 3 amide bonds. The first kappa shape index (κ1) is 11.6. The maximum atomic E-state index is 12.0. The highest BCUT2D eigenvalue weighted by Crippen LogP contribution is 2.28. The van der Waals surface area contributed by atoms with Crippen molar-refractivity contribution in [2.24, 2.45) is 5.92 Å². The molecule has 4 heteroatoms. The van der Waals surface area contributed by atoms with Crippen LogP contribution in [0.1, 0.15) is 27.2 Å². The second-order valence-corrected chi connectivity index (χ2v) is 4.01. The molecule has 0 aromatic carbocycles. The normalized spacial score (nSPS) is 25.7. The Labute approximate surface area is 90.0 Å². The summed E-state index contributed by atoms with van der Waals surface area (Å²) in [7, 11) is 0. The molecule has 0 radical (unpaired) electrons. The van der Waals surface area contributed by atoms with E-state index in [1.165, 1.54) is 0 Å². The highest BCUT2D eigenvalue weighted by Gasteiger charge is 2.51. The monoisotopic (exact) mass is 208 g/mol. The van der Waals surface area contributed by atoms with Crippen molar-refractivity contribution < 1.29 is 9.59 Å². The van der Waals surface area contributed by atoms with E-state index in [1.807, 2.05) is 20.8 Å². The van der Waals surface area contributed by atoms with Crippen LogP contribution in [0.4, 0.5) is 4.79 Å². The summed E-state index contributed by atoms with van der Waals surface area (Å²) >= 11 is 0. The summed E-state index contributed by atoms with van der Waals surface area (Å²) in [5, 5.41) is 2.74. The number of hydrogen-bond donors (Lipinski definition) is 1. The Morgan fingerprint density at radius 2 is 2.13 bits per heavy atom. The number of carbonyl (C=O) groups excluding carboxylic acids is 2. The molecule has 82 valence electrons. The number of imide groups is 1. The molecule has 0 unspecified atom stereocenters. The zero-order valence-corrected chi connectivity index (χ0v) is 9.33. The highest BCUT2D eigenvalue weighted by molar-refractivity contribution is 6.07. The summed E-state index contributed by atoms with van der Waals surface area (Å²) in [4.78, 5) is 24.7. The van der Waals surface area contributed by atoms with Gasteiger partial charge in [0.2, 0.25) is 0 Å². The van der Waals surface area contributed by atoms with E-state index in [9.17, 15) is 9.59 Å². The molecule has 1 N–H and O–H groups in total. The Morgan fingerprint density at radius 3 is 2.47 bits per heavy atom. The molecule has 0 aromatic rings. The van der Waals surface area contributed by atoms with E-state index >= 15 is 0 Å². The number of carbonyl (C=O) groups is 2. The predicted molar refractivity (Wildman–Crippen MR) is 56.9 cm³/mol. The Bertz CT molecular complexity index is 330. The number of nitrogens with one attached hydrogen (secondary N) is 1. The minimum Gasteiger partial charge on any atom is -0.323 e. The Morgan fingerprint density at radius 1 is 1.53 bits per heavy atom. The largest absolute Gasteiger partial charge is 0.325 e. The standard InChI is InChI=1S/C11H16N2O2/c1-5-7-13-9(14)11(6-2,8(3)4)12-10(13)15/h1,8H,6-7H2,2-4H3,(H,12,15)/t11-/m0/s1. The lowest BCUT2D eigenvalue weighted by Gasteiger charge is -2.29. The number of nitrogens with zero attached hydrogens (tertiary/aromatic N) is 1. The second-order valence-electron chi connectivity index (χ2n) is 4.01. The van der Waals surface area contributed by atoms with Crippen LogP contribution in [0.15, 0.2) is 0 Å². The molecular weight excluding hydrogens is 192 g/mol. The van der Waals surface area contributed by atoms with Gasteiger partial charge in [0.05, 0.1) is 6.54 Å². The SMILES string of the molecule is C#CCN1C(=O)N[C@@](CC)(C(C)C)C1=O. The summed E-state index contributed by atoms with van der Waals surface area (Å²) in [6, 6.07) is -0.381. The van der Waals surface area contributed by atoms with Crippen molar-refractivity contribution >= 4 is 11.9 Å². The third-order valence-electron chi connectivity index (χ3n) is 2.99. The van der Waals surface area contributed by atoms with Gasteiger partial charge in [-0.1, -0.05) is 26.7 Å². The number of hydrogen-bond acceptors (Lipinski definition) is 2. The van der Waals surface area contributed by atoms with Crippen LogP contribution in [0.2, 0.25) is 0 Å². The molecule has 1 aliphatic rings. The van der Waals surface area contributed by atoms with Crippen LogP contribution in [0.5, 0.6) is 0 Å². The molecule has 0 saturated carbocycles. The van der Waals surface area contributed by atoms with Gasteiger partial charge < -0.3 is 5.32 Å². The van der Waals surface area contributed by atoms with Gasteiger partial charge in [-0.05, 0) is 12.3 Å². The molecule has 0 bridgehead atoms. The van der Waals surface area contributed by atoms with Gasteiger partial charge in [-0.3, -0.25) is 9.69 Å². The average Bonchev–Trinajstić information content (AvgIpc) is 2.43. The van der Waals surface area contributed by atoms with Crippen LogP contribution in [0.25, 0.3) is 0 Å². The minimum absolute atomic E-state index is 0.0408. The van der Waals surface area contributed by atoms with Gasteiger partial charge in [-0.15, -0.1) is 6.42 Å². The number of amides is 3. The Kier molecular flexibility index (Phi) is 3.04. The van der Waals surface area contributed by atoms with E-state index in [0.29, 0.717) is 6.42 Å². The third kappa shape index (κ3) is 1.58. The molecular formula is C11H16N2O2. The van der Waals surface area contributed by atoms with Crippen molar-refractivity contribution in [1.29, 1.82) is 0 Å². The zero-order chi connectivity index (χ0) is 11.6. The molecule has 0 aliphatic carbocycles. The second kappa shape index (κ2) is 3.93. The topological polar surface area (TPSA) is 49.4 Å². The lowest BCUT2D eigenvalue weighted by atomic mass is 9.84. The number of urea groups is 1. The fraction of sp³-hybridized carbons (Fsp3) is 0.636. The van der Waals surface area contributed by atoms with Gasteiger partial charge in [-0.2, -0.15) is 0 Å². The lowest BCUT2D eigenvalue weighted by Crippen LogP contribution is -2.51. The van der Waals surface area contributed by atoms with Crippen LogP contribution in [0.3, 0.4) is 0 Å². The maximum Gasteiger partial charge on any atom is 0.325 e. The highest BCUT2D eigenvalue weighted by atomic mass is 16.2. The van der Waals surface area contributed by atoms with Crippen molar-refractivity contribution in [3.05, 3.63) is 0 Å². The summed E-state index contributed by atoms with van der Waals surface area (Å²) in [6.07, 6.45) is 5.69. The van der Waals surface area contributed by atoms with Gasteiger partial charge in [-0.25, -0.2) is 4.79 Å². The van der Waals surface area contributed by atoms with Crippen LogP contribution in [-0.2, 0) is 4.79 Å². The first-order chi connectivity index (χ1) is 6.99. The van der Waals surface area contributed by atoms with Gasteiger partial charge in [0, 0.05) is 0 Å². The van der Waals surface area contributed by atoms with E-state index < -0.39 is 5.54 Å². The van der Waals surface area contributed by atoms with E-state index in [0.717, 1.165) is 4.90 Å². The smallest absolute Gasteiger partial charge is 0.323 e. The fourth-order valence-corrected chi connectivity index (χ4v) is 1.92. The van der Waals surface area contributed by atoms with E-state index in [-0.39, 0.29) is 24.4 Å². The molecule has 0 spiro atoms. The molecule has 4 nitrogen and oxygen atoms in total. The first-order valence-corrected chi connectivity index (χ1v) is 5.07. The fourth-order valence-electron chi connectivity index (χ4n) is 1.92. The van der Waals surface area contributed by atoms with Crippen molar-refractivity contribution in [1.82, 2.24) is 10.2 Å². The lowest BCUT2D eigenvalue weighted by molar-refractivity contribution is -0.132. The third-order valence-corrected chi connectivity index (χ3v) is 2.99. The molecule has 1 heterocycles. The van der Waals surface area contributed by atoms with Crippen molar-refractivity contribution in [2.45, 2.75) is 32.7 Å². The molecule has 1 fully saturated rings. The van der Waals surface area contributed by atoms with Crippen LogP contribution >= 0.6 is 0 Å². The zero-order valence-electron chi connectivity index (χ0n) is 9.33. The van der Waals surface area contributed by atoms with Gasteiger partial charge in [0.25, 0.3) is 5.91 Å². The van der Waals surface area contributed by atoms with Gasteiger partial charge in [0.1, 0.15) is 5.54 Å². The molecule has 1 saturated heterocycles. The molecule has 1 rings (SSSR count). The van der Waals surface area contributed by atoms with Crippen LogP contribution < -0.4 is 5.32 Å². The summed E-state index contributed by atoms with van der Waals surface area (Å²) in [6.45, 7) is 5.76. The van der Waals surface area contributed by atoms with E-state index in [1.54, 1.807) is 0 Å². The molecule has 1 atom stereocenters. The predicted octanol–water partition coefficient (Wildman–Crippen LogP) is 0.976. The first-order valence-electron chi connectivity index (χ1n) is 5.07. The molecule has 15 heavy (non-hydrogen) atoms. The Balaban J connectivity index is 3.03. The van der Waals surface area contributed by atoms with Gasteiger partial charge >= 0.3 is 6.03 Å². The number of rotatable bonds is 3.